The number of benzene rings is 1. The Kier molecular flexibility index (Phi) is 6.81. The molecule has 1 aromatic rings. The molecule has 0 N–H and O–H groups in total. The summed E-state index contributed by atoms with van der Waals surface area (Å²) in [6.07, 6.45) is 5.54. The van der Waals surface area contributed by atoms with Gasteiger partial charge in [0.15, 0.2) is 0 Å². The van der Waals surface area contributed by atoms with Crippen molar-refractivity contribution in [1.29, 1.82) is 0 Å². The van der Waals surface area contributed by atoms with Crippen LogP contribution in [-0.2, 0) is 0 Å². The van der Waals surface area contributed by atoms with E-state index in [0.717, 1.165) is 12.7 Å². The van der Waals surface area contributed by atoms with Gasteiger partial charge in [0.1, 0.15) is 12.0 Å². The normalized spacial score (nSPS) is 12.2. The Labute approximate surface area is 114 Å². The van der Waals surface area contributed by atoms with Gasteiger partial charge in [0, 0.05) is 5.56 Å². The molecule has 0 saturated carbocycles. The first-order valence-electron chi connectivity index (χ1n) is 6.58. The fourth-order valence-corrected chi connectivity index (χ4v) is 2.06. The van der Waals surface area contributed by atoms with E-state index >= 15 is 0 Å². The van der Waals surface area contributed by atoms with Crippen LogP contribution in [0.15, 0.2) is 18.2 Å². The Morgan fingerprint density at radius 1 is 1.39 bits per heavy atom. The highest BCUT2D eigenvalue weighted by molar-refractivity contribution is 6.32. The summed E-state index contributed by atoms with van der Waals surface area (Å²) in [6.45, 7) is 5.07. The number of hydrogen-bond acceptors (Lipinski definition) is 2. The predicted octanol–water partition coefficient (Wildman–Crippen LogP) is 4.75. The SMILES string of the molecule is CCCCC(CC)COc1ccc(C=O)cc1Cl. The summed E-state index contributed by atoms with van der Waals surface area (Å²) in [5.74, 6) is 1.24. The fourth-order valence-electron chi connectivity index (χ4n) is 1.81. The third-order valence-corrected chi connectivity index (χ3v) is 3.41. The molecule has 3 heteroatoms. The van der Waals surface area contributed by atoms with Crippen LogP contribution in [0.1, 0.15) is 49.9 Å². The number of halogens is 1. The van der Waals surface area contributed by atoms with Gasteiger partial charge in [0.05, 0.1) is 11.6 Å². The van der Waals surface area contributed by atoms with Crippen LogP contribution >= 0.6 is 11.6 Å². The zero-order valence-electron chi connectivity index (χ0n) is 11.1. The zero-order valence-corrected chi connectivity index (χ0v) is 11.9. The fraction of sp³-hybridized carbons (Fsp3) is 0.533. The van der Waals surface area contributed by atoms with E-state index in [1.54, 1.807) is 18.2 Å². The molecule has 0 heterocycles. The van der Waals surface area contributed by atoms with Gasteiger partial charge in [-0.15, -0.1) is 0 Å². The maximum Gasteiger partial charge on any atom is 0.150 e. The van der Waals surface area contributed by atoms with Gasteiger partial charge in [0.2, 0.25) is 0 Å². The highest BCUT2D eigenvalue weighted by atomic mass is 35.5. The van der Waals surface area contributed by atoms with Gasteiger partial charge in [-0.2, -0.15) is 0 Å². The van der Waals surface area contributed by atoms with Crippen molar-refractivity contribution < 1.29 is 9.53 Å². The van der Waals surface area contributed by atoms with E-state index in [-0.39, 0.29) is 0 Å². The first-order chi connectivity index (χ1) is 8.71. The molecule has 1 aromatic carbocycles. The molecule has 0 aromatic heterocycles. The molecular weight excluding hydrogens is 248 g/mol. The lowest BCUT2D eigenvalue weighted by Crippen LogP contribution is -2.11. The Balaban J connectivity index is 2.53. The van der Waals surface area contributed by atoms with Gasteiger partial charge in [-0.1, -0.05) is 44.7 Å². The lowest BCUT2D eigenvalue weighted by molar-refractivity contribution is 0.112. The van der Waals surface area contributed by atoms with Crippen molar-refractivity contribution in [2.45, 2.75) is 39.5 Å². The molecular formula is C15H21ClO2. The Morgan fingerprint density at radius 2 is 2.17 bits per heavy atom. The quantitative estimate of drug-likeness (QED) is 0.636. The van der Waals surface area contributed by atoms with Crippen LogP contribution in [0.4, 0.5) is 0 Å². The van der Waals surface area contributed by atoms with Crippen LogP contribution < -0.4 is 4.74 Å². The van der Waals surface area contributed by atoms with Gasteiger partial charge < -0.3 is 4.74 Å². The number of aldehydes is 1. The third-order valence-electron chi connectivity index (χ3n) is 3.11. The van der Waals surface area contributed by atoms with Crippen LogP contribution in [0, 0.1) is 5.92 Å². The van der Waals surface area contributed by atoms with Crippen molar-refractivity contribution in [2.75, 3.05) is 6.61 Å². The molecule has 2 nitrogen and oxygen atoms in total. The van der Waals surface area contributed by atoms with Crippen molar-refractivity contribution in [3.63, 3.8) is 0 Å². The molecule has 0 bridgehead atoms. The number of carbonyl (C=O) groups is 1. The maximum atomic E-state index is 10.6. The van der Waals surface area contributed by atoms with Crippen molar-refractivity contribution in [2.24, 2.45) is 5.92 Å². The summed E-state index contributed by atoms with van der Waals surface area (Å²) < 4.78 is 5.74. The Hall–Kier alpha value is -1.02. The molecule has 0 aliphatic heterocycles. The molecule has 100 valence electrons. The molecule has 0 aliphatic rings. The van der Waals surface area contributed by atoms with Crippen LogP contribution in [0.3, 0.4) is 0 Å². The minimum absolute atomic E-state index is 0.505. The second kappa shape index (κ2) is 8.15. The van der Waals surface area contributed by atoms with Crippen LogP contribution in [0.5, 0.6) is 5.75 Å². The summed E-state index contributed by atoms with van der Waals surface area (Å²) in [6, 6.07) is 5.12. The number of ether oxygens (including phenoxy) is 1. The molecule has 0 aliphatic carbocycles. The van der Waals surface area contributed by atoms with Crippen molar-refractivity contribution >= 4 is 17.9 Å². The lowest BCUT2D eigenvalue weighted by Gasteiger charge is -2.16. The first-order valence-corrected chi connectivity index (χ1v) is 6.96. The van der Waals surface area contributed by atoms with Gasteiger partial charge >= 0.3 is 0 Å². The zero-order chi connectivity index (χ0) is 13.4. The van der Waals surface area contributed by atoms with Crippen molar-refractivity contribution in [1.82, 2.24) is 0 Å². The van der Waals surface area contributed by atoms with E-state index in [1.165, 1.54) is 19.3 Å². The van der Waals surface area contributed by atoms with Gasteiger partial charge in [-0.25, -0.2) is 0 Å². The average Bonchev–Trinajstić information content (AvgIpc) is 2.40. The number of unbranched alkanes of at least 4 members (excludes halogenated alkanes) is 1. The highest BCUT2D eigenvalue weighted by Crippen LogP contribution is 2.26. The third kappa shape index (κ3) is 4.69. The molecule has 1 unspecified atom stereocenters. The molecule has 0 saturated heterocycles. The highest BCUT2D eigenvalue weighted by Gasteiger charge is 2.09. The monoisotopic (exact) mass is 268 g/mol. The topological polar surface area (TPSA) is 26.3 Å². The number of rotatable bonds is 8. The largest absolute Gasteiger partial charge is 0.492 e. The minimum Gasteiger partial charge on any atom is -0.492 e. The van der Waals surface area contributed by atoms with Gasteiger partial charge in [0.25, 0.3) is 0 Å². The molecule has 1 atom stereocenters. The second-order valence-electron chi connectivity index (χ2n) is 4.54. The molecule has 0 spiro atoms. The van der Waals surface area contributed by atoms with E-state index in [4.69, 9.17) is 16.3 Å². The van der Waals surface area contributed by atoms with Crippen LogP contribution in [-0.4, -0.2) is 12.9 Å². The Bertz CT molecular complexity index is 377. The van der Waals surface area contributed by atoms with E-state index in [0.29, 0.717) is 28.9 Å². The van der Waals surface area contributed by atoms with E-state index in [9.17, 15) is 4.79 Å². The summed E-state index contributed by atoms with van der Waals surface area (Å²) in [5.41, 5.74) is 0.574. The standard InChI is InChI=1S/C15H21ClO2/c1-3-5-6-12(4-2)11-18-15-8-7-13(10-17)9-14(15)16/h7-10,12H,3-6,11H2,1-2H3. The molecule has 18 heavy (non-hydrogen) atoms. The molecule has 0 fully saturated rings. The number of carbonyl (C=O) groups excluding carboxylic acids is 1. The molecule has 0 radical (unpaired) electrons. The minimum atomic E-state index is 0.505. The predicted molar refractivity (Wildman–Crippen MR) is 75.6 cm³/mol. The van der Waals surface area contributed by atoms with Crippen LogP contribution in [0.25, 0.3) is 0 Å². The lowest BCUT2D eigenvalue weighted by atomic mass is 10.0. The molecule has 0 amide bonds. The van der Waals surface area contributed by atoms with Crippen molar-refractivity contribution in [3.8, 4) is 5.75 Å². The smallest absolute Gasteiger partial charge is 0.150 e. The number of hydrogen-bond donors (Lipinski definition) is 0. The summed E-state index contributed by atoms with van der Waals surface area (Å²) >= 11 is 6.06. The van der Waals surface area contributed by atoms with Gasteiger partial charge in [-0.3, -0.25) is 4.79 Å². The van der Waals surface area contributed by atoms with Crippen molar-refractivity contribution in [3.05, 3.63) is 28.8 Å². The van der Waals surface area contributed by atoms with Crippen LogP contribution in [0.2, 0.25) is 5.02 Å². The average molecular weight is 269 g/mol. The summed E-state index contributed by atoms with van der Waals surface area (Å²) in [4.78, 5) is 10.6. The van der Waals surface area contributed by atoms with E-state index in [2.05, 4.69) is 13.8 Å². The Morgan fingerprint density at radius 3 is 2.72 bits per heavy atom. The van der Waals surface area contributed by atoms with E-state index < -0.39 is 0 Å². The maximum absolute atomic E-state index is 10.6. The molecule has 1 rings (SSSR count). The van der Waals surface area contributed by atoms with Gasteiger partial charge in [-0.05, 0) is 30.5 Å². The van der Waals surface area contributed by atoms with E-state index in [1.807, 2.05) is 0 Å². The summed E-state index contributed by atoms with van der Waals surface area (Å²) in [7, 11) is 0. The summed E-state index contributed by atoms with van der Waals surface area (Å²) in [5, 5.41) is 0.505. The first kappa shape index (κ1) is 15.0. The second-order valence-corrected chi connectivity index (χ2v) is 4.94.